The van der Waals surface area contributed by atoms with Crippen LogP contribution in [0.15, 0.2) is 41.0 Å². The Morgan fingerprint density at radius 1 is 1.29 bits per heavy atom. The zero-order valence-corrected chi connectivity index (χ0v) is 13.8. The third kappa shape index (κ3) is 4.29. The summed E-state index contributed by atoms with van der Waals surface area (Å²) in [6, 6.07) is 9.03. The number of hydrogen-bond acceptors (Lipinski definition) is 3. The molecule has 0 unspecified atom stereocenters. The van der Waals surface area contributed by atoms with Gasteiger partial charge in [0.25, 0.3) is 5.91 Å². The summed E-state index contributed by atoms with van der Waals surface area (Å²) in [6.07, 6.45) is 1.65. The second-order valence-corrected chi connectivity index (χ2v) is 5.90. The molecule has 0 radical (unpaired) electrons. The van der Waals surface area contributed by atoms with Crippen LogP contribution in [0.3, 0.4) is 0 Å². The maximum atomic E-state index is 12.4. The van der Waals surface area contributed by atoms with Crippen LogP contribution in [0.1, 0.15) is 29.8 Å². The molecule has 1 N–H and O–H groups in total. The highest BCUT2D eigenvalue weighted by atomic mass is 79.9. The van der Waals surface area contributed by atoms with Gasteiger partial charge in [-0.05, 0) is 56.7 Å². The topological polar surface area (TPSA) is 51.2 Å². The van der Waals surface area contributed by atoms with E-state index in [0.29, 0.717) is 17.1 Å². The summed E-state index contributed by atoms with van der Waals surface area (Å²) in [6.45, 7) is 5.79. The van der Waals surface area contributed by atoms with Crippen molar-refractivity contribution in [3.63, 3.8) is 0 Å². The normalized spacial score (nSPS) is 10.5. The molecule has 0 fully saturated rings. The number of aromatic nitrogens is 1. The van der Waals surface area contributed by atoms with Gasteiger partial charge >= 0.3 is 0 Å². The van der Waals surface area contributed by atoms with Gasteiger partial charge in [0, 0.05) is 10.7 Å². The number of nitrogens with one attached hydrogen (secondary N) is 1. The third-order valence-corrected chi connectivity index (χ3v) is 3.20. The zero-order valence-electron chi connectivity index (χ0n) is 12.2. The molecule has 0 atom stereocenters. The lowest BCUT2D eigenvalue weighted by molar-refractivity contribution is 0.102. The molecule has 21 heavy (non-hydrogen) atoms. The number of carbonyl (C=O) groups is 1. The average Bonchev–Trinajstić information content (AvgIpc) is 2.37. The van der Waals surface area contributed by atoms with E-state index in [1.807, 2.05) is 39.0 Å². The molecule has 4 nitrogen and oxygen atoms in total. The second kappa shape index (κ2) is 6.72. The lowest BCUT2D eigenvalue weighted by Gasteiger charge is -2.14. The molecule has 1 aromatic carbocycles. The number of hydrogen-bond donors (Lipinski definition) is 1. The Hall–Kier alpha value is -1.88. The number of nitrogens with zero attached hydrogens (tertiary/aromatic N) is 1. The van der Waals surface area contributed by atoms with Crippen molar-refractivity contribution in [3.8, 4) is 5.75 Å². The van der Waals surface area contributed by atoms with E-state index >= 15 is 0 Å². The van der Waals surface area contributed by atoms with Crippen LogP contribution in [0, 0.1) is 6.92 Å². The highest BCUT2D eigenvalue weighted by molar-refractivity contribution is 9.10. The zero-order chi connectivity index (χ0) is 15.4. The largest absolute Gasteiger partial charge is 0.490 e. The van der Waals surface area contributed by atoms with Crippen LogP contribution in [0.4, 0.5) is 5.82 Å². The van der Waals surface area contributed by atoms with Crippen molar-refractivity contribution >= 4 is 27.7 Å². The first-order valence-corrected chi connectivity index (χ1v) is 7.45. The first-order valence-electron chi connectivity index (χ1n) is 6.66. The smallest absolute Gasteiger partial charge is 0.260 e. The number of halogens is 1. The van der Waals surface area contributed by atoms with Gasteiger partial charge in [-0.3, -0.25) is 4.79 Å². The minimum atomic E-state index is -0.240. The standard InChI is InChI=1S/C16H17BrN2O2/c1-10(2)21-14-9-12(17)4-5-13(14)16(20)19-15-8-11(3)6-7-18-15/h4-10H,1-3H3,(H,18,19,20). The molecule has 0 aliphatic heterocycles. The monoisotopic (exact) mass is 348 g/mol. The molecule has 0 aliphatic carbocycles. The molecular weight excluding hydrogens is 332 g/mol. The molecule has 0 aliphatic rings. The third-order valence-electron chi connectivity index (χ3n) is 2.71. The lowest BCUT2D eigenvalue weighted by atomic mass is 10.2. The second-order valence-electron chi connectivity index (χ2n) is 4.98. The number of benzene rings is 1. The van der Waals surface area contributed by atoms with Crippen molar-refractivity contribution in [3.05, 3.63) is 52.1 Å². The van der Waals surface area contributed by atoms with Crippen LogP contribution >= 0.6 is 15.9 Å². The summed E-state index contributed by atoms with van der Waals surface area (Å²) in [5.41, 5.74) is 1.52. The lowest BCUT2D eigenvalue weighted by Crippen LogP contribution is -2.16. The van der Waals surface area contributed by atoms with Gasteiger partial charge in [0.1, 0.15) is 11.6 Å². The number of anilines is 1. The highest BCUT2D eigenvalue weighted by Crippen LogP contribution is 2.25. The number of ether oxygens (including phenoxy) is 1. The van der Waals surface area contributed by atoms with Crippen LogP contribution in [0.5, 0.6) is 5.75 Å². The summed E-state index contributed by atoms with van der Waals surface area (Å²) in [5.74, 6) is 0.833. The van der Waals surface area contributed by atoms with Crippen molar-refractivity contribution in [2.75, 3.05) is 5.32 Å². The maximum absolute atomic E-state index is 12.4. The maximum Gasteiger partial charge on any atom is 0.260 e. The molecule has 0 saturated heterocycles. The minimum absolute atomic E-state index is 0.0112. The first kappa shape index (κ1) is 15.5. The van der Waals surface area contributed by atoms with Crippen molar-refractivity contribution in [1.82, 2.24) is 4.98 Å². The van der Waals surface area contributed by atoms with E-state index in [1.165, 1.54) is 0 Å². The molecule has 2 aromatic rings. The average molecular weight is 349 g/mol. The van der Waals surface area contributed by atoms with Crippen molar-refractivity contribution in [2.45, 2.75) is 26.9 Å². The van der Waals surface area contributed by atoms with Gasteiger partial charge in [-0.25, -0.2) is 4.98 Å². The Bertz CT molecular complexity index is 656. The molecule has 1 aromatic heterocycles. The number of rotatable bonds is 4. The van der Waals surface area contributed by atoms with Crippen LogP contribution in [0.25, 0.3) is 0 Å². The number of amides is 1. The van der Waals surface area contributed by atoms with E-state index in [0.717, 1.165) is 10.0 Å². The molecule has 2 rings (SSSR count). The summed E-state index contributed by atoms with van der Waals surface area (Å²) >= 11 is 3.39. The summed E-state index contributed by atoms with van der Waals surface area (Å²) < 4.78 is 6.56. The number of aryl methyl sites for hydroxylation is 1. The fraction of sp³-hybridized carbons (Fsp3) is 0.250. The molecule has 1 heterocycles. The van der Waals surface area contributed by atoms with E-state index in [-0.39, 0.29) is 12.0 Å². The Labute approximate surface area is 132 Å². The van der Waals surface area contributed by atoms with E-state index in [4.69, 9.17) is 4.74 Å². The fourth-order valence-electron chi connectivity index (χ4n) is 1.82. The van der Waals surface area contributed by atoms with E-state index in [2.05, 4.69) is 26.2 Å². The quantitative estimate of drug-likeness (QED) is 0.900. The first-order chi connectivity index (χ1) is 9.95. The molecule has 110 valence electrons. The van der Waals surface area contributed by atoms with E-state index in [1.54, 1.807) is 18.3 Å². The summed E-state index contributed by atoms with van der Waals surface area (Å²) in [5, 5.41) is 2.79. The van der Waals surface area contributed by atoms with Crippen molar-refractivity contribution < 1.29 is 9.53 Å². The predicted octanol–water partition coefficient (Wildman–Crippen LogP) is 4.19. The predicted molar refractivity (Wildman–Crippen MR) is 86.8 cm³/mol. The Morgan fingerprint density at radius 2 is 2.05 bits per heavy atom. The molecule has 0 spiro atoms. The summed E-state index contributed by atoms with van der Waals surface area (Å²) in [7, 11) is 0. The summed E-state index contributed by atoms with van der Waals surface area (Å²) in [4.78, 5) is 16.5. The van der Waals surface area contributed by atoms with Crippen LogP contribution in [0.2, 0.25) is 0 Å². The molecule has 0 bridgehead atoms. The van der Waals surface area contributed by atoms with Crippen molar-refractivity contribution in [2.24, 2.45) is 0 Å². The Balaban J connectivity index is 2.26. The van der Waals surface area contributed by atoms with Crippen LogP contribution < -0.4 is 10.1 Å². The van der Waals surface area contributed by atoms with E-state index in [9.17, 15) is 4.79 Å². The Kier molecular flexibility index (Phi) is 4.96. The van der Waals surface area contributed by atoms with Gasteiger partial charge in [-0.2, -0.15) is 0 Å². The Morgan fingerprint density at radius 3 is 2.71 bits per heavy atom. The molecular formula is C16H17BrN2O2. The SMILES string of the molecule is Cc1ccnc(NC(=O)c2ccc(Br)cc2OC(C)C)c1. The van der Waals surface area contributed by atoms with Crippen LogP contribution in [-0.2, 0) is 0 Å². The fourth-order valence-corrected chi connectivity index (χ4v) is 2.16. The van der Waals surface area contributed by atoms with Crippen molar-refractivity contribution in [1.29, 1.82) is 0 Å². The number of pyridine rings is 1. The molecule has 0 saturated carbocycles. The van der Waals surface area contributed by atoms with Gasteiger partial charge < -0.3 is 10.1 Å². The van der Waals surface area contributed by atoms with Gasteiger partial charge in [-0.15, -0.1) is 0 Å². The van der Waals surface area contributed by atoms with Crippen LogP contribution in [-0.4, -0.2) is 17.0 Å². The minimum Gasteiger partial charge on any atom is -0.490 e. The van der Waals surface area contributed by atoms with Gasteiger partial charge in [0.15, 0.2) is 0 Å². The number of carbonyl (C=O) groups excluding carboxylic acids is 1. The van der Waals surface area contributed by atoms with Gasteiger partial charge in [0.05, 0.1) is 11.7 Å². The van der Waals surface area contributed by atoms with E-state index < -0.39 is 0 Å². The van der Waals surface area contributed by atoms with Gasteiger partial charge in [-0.1, -0.05) is 15.9 Å². The highest BCUT2D eigenvalue weighted by Gasteiger charge is 2.15. The van der Waals surface area contributed by atoms with Gasteiger partial charge in [0.2, 0.25) is 0 Å². The molecule has 1 amide bonds. The molecule has 5 heteroatoms.